The molecule has 0 spiro atoms. The fourth-order valence-electron chi connectivity index (χ4n) is 0.924. The molecule has 0 aliphatic rings. The second kappa shape index (κ2) is 6.65. The summed E-state index contributed by atoms with van der Waals surface area (Å²) in [6.45, 7) is 10.1. The molecule has 0 aromatic heterocycles. The molecule has 0 saturated heterocycles. The fourth-order valence-corrected chi connectivity index (χ4v) is 0.924. The molecule has 14 heavy (non-hydrogen) atoms. The summed E-state index contributed by atoms with van der Waals surface area (Å²) in [6.07, 6.45) is 0.582. The van der Waals surface area contributed by atoms with Gasteiger partial charge in [0.05, 0.1) is 6.61 Å². The first-order valence-corrected chi connectivity index (χ1v) is 5.11. The third-order valence-electron chi connectivity index (χ3n) is 1.55. The second-order valence-electron chi connectivity index (χ2n) is 4.18. The highest BCUT2D eigenvalue weighted by molar-refractivity contribution is 5.66. The number of carbonyl (C=O) groups excluding carboxylic acids is 1. The highest BCUT2D eigenvalue weighted by Crippen LogP contribution is 1.97. The molecule has 0 aliphatic carbocycles. The van der Waals surface area contributed by atoms with Crippen LogP contribution in [0, 0.1) is 0 Å². The molecule has 0 radical (unpaired) electrons. The van der Waals surface area contributed by atoms with Crippen molar-refractivity contribution in [1.82, 2.24) is 10.6 Å². The van der Waals surface area contributed by atoms with E-state index < -0.39 is 0 Å². The Labute approximate surface area is 86.4 Å². The molecule has 0 atom stereocenters. The van der Waals surface area contributed by atoms with Crippen LogP contribution in [-0.2, 0) is 4.74 Å². The van der Waals surface area contributed by atoms with E-state index in [4.69, 9.17) is 4.74 Å². The Morgan fingerprint density at radius 3 is 2.43 bits per heavy atom. The Hall–Kier alpha value is -0.770. The number of alkyl carbamates (subject to hydrolysis) is 1. The first kappa shape index (κ1) is 13.2. The van der Waals surface area contributed by atoms with Gasteiger partial charge in [-0.2, -0.15) is 0 Å². The van der Waals surface area contributed by atoms with E-state index in [1.165, 1.54) is 0 Å². The van der Waals surface area contributed by atoms with E-state index in [2.05, 4.69) is 31.4 Å². The Balaban J connectivity index is 3.26. The van der Waals surface area contributed by atoms with E-state index >= 15 is 0 Å². The second-order valence-corrected chi connectivity index (χ2v) is 4.18. The summed E-state index contributed by atoms with van der Waals surface area (Å²) in [4.78, 5) is 10.8. The van der Waals surface area contributed by atoms with Gasteiger partial charge in [-0.3, -0.25) is 0 Å². The Kier molecular flexibility index (Phi) is 6.28. The summed E-state index contributed by atoms with van der Waals surface area (Å²) < 4.78 is 4.72. The third kappa shape index (κ3) is 9.32. The number of nitrogens with one attached hydrogen (secondary N) is 2. The zero-order chi connectivity index (χ0) is 11.0. The van der Waals surface area contributed by atoms with Gasteiger partial charge in [-0.1, -0.05) is 0 Å². The van der Waals surface area contributed by atoms with Crippen LogP contribution in [0.25, 0.3) is 0 Å². The molecule has 0 unspecified atom stereocenters. The van der Waals surface area contributed by atoms with Crippen LogP contribution >= 0.6 is 0 Å². The summed E-state index contributed by atoms with van der Waals surface area (Å²) >= 11 is 0. The van der Waals surface area contributed by atoms with E-state index in [0.29, 0.717) is 13.2 Å². The highest BCUT2D eigenvalue weighted by atomic mass is 16.5. The third-order valence-corrected chi connectivity index (χ3v) is 1.55. The fraction of sp³-hybridized carbons (Fsp3) is 0.900. The molecule has 0 aliphatic heterocycles. The largest absolute Gasteiger partial charge is 0.450 e. The average Bonchev–Trinajstić information content (AvgIpc) is 2.02. The van der Waals surface area contributed by atoms with Crippen LogP contribution in [0.15, 0.2) is 0 Å². The molecule has 0 aromatic carbocycles. The van der Waals surface area contributed by atoms with E-state index in [1.54, 1.807) is 6.92 Å². The number of rotatable bonds is 5. The van der Waals surface area contributed by atoms with Gasteiger partial charge in [0.15, 0.2) is 0 Å². The number of carbonyl (C=O) groups is 1. The lowest BCUT2D eigenvalue weighted by Crippen LogP contribution is -2.37. The summed E-state index contributed by atoms with van der Waals surface area (Å²) in [7, 11) is 0. The molecular formula is C10H22N2O2. The van der Waals surface area contributed by atoms with Gasteiger partial charge < -0.3 is 15.4 Å². The lowest BCUT2D eigenvalue weighted by atomic mass is 10.1. The molecular weight excluding hydrogens is 180 g/mol. The summed E-state index contributed by atoms with van der Waals surface area (Å²) in [5.74, 6) is 0. The quantitative estimate of drug-likeness (QED) is 0.664. The van der Waals surface area contributed by atoms with Crippen molar-refractivity contribution in [3.8, 4) is 0 Å². The first-order chi connectivity index (χ1) is 6.45. The van der Waals surface area contributed by atoms with E-state index in [-0.39, 0.29) is 11.6 Å². The lowest BCUT2D eigenvalue weighted by Gasteiger charge is -2.20. The number of hydrogen-bond acceptors (Lipinski definition) is 3. The van der Waals surface area contributed by atoms with Crippen molar-refractivity contribution in [3.63, 3.8) is 0 Å². The predicted octanol–water partition coefficient (Wildman–Crippen LogP) is 1.51. The van der Waals surface area contributed by atoms with E-state index in [9.17, 15) is 4.79 Å². The average molecular weight is 202 g/mol. The van der Waals surface area contributed by atoms with Crippen molar-refractivity contribution < 1.29 is 9.53 Å². The van der Waals surface area contributed by atoms with Crippen molar-refractivity contribution in [2.45, 2.75) is 39.7 Å². The number of ether oxygens (including phenoxy) is 1. The van der Waals surface area contributed by atoms with Gasteiger partial charge in [-0.05, 0) is 40.7 Å². The SMILES string of the molecule is CCOC(=O)NCCCNC(C)(C)C. The standard InChI is InChI=1S/C10H22N2O2/c1-5-14-9(13)11-7-6-8-12-10(2,3)4/h12H,5-8H2,1-4H3,(H,11,13). The predicted molar refractivity (Wildman–Crippen MR) is 57.4 cm³/mol. The Morgan fingerprint density at radius 1 is 1.29 bits per heavy atom. The van der Waals surface area contributed by atoms with Gasteiger partial charge in [-0.25, -0.2) is 4.79 Å². The molecule has 0 rings (SSSR count). The van der Waals surface area contributed by atoms with Crippen LogP contribution in [-0.4, -0.2) is 31.3 Å². The van der Waals surface area contributed by atoms with Gasteiger partial charge in [0.25, 0.3) is 0 Å². The van der Waals surface area contributed by atoms with Crippen LogP contribution in [0.3, 0.4) is 0 Å². The lowest BCUT2D eigenvalue weighted by molar-refractivity contribution is 0.152. The van der Waals surface area contributed by atoms with Crippen LogP contribution < -0.4 is 10.6 Å². The molecule has 0 heterocycles. The molecule has 84 valence electrons. The van der Waals surface area contributed by atoms with Crippen LogP contribution in [0.2, 0.25) is 0 Å². The molecule has 0 bridgehead atoms. The minimum absolute atomic E-state index is 0.143. The molecule has 0 aromatic rings. The molecule has 1 amide bonds. The first-order valence-electron chi connectivity index (χ1n) is 5.11. The van der Waals surface area contributed by atoms with Crippen LogP contribution in [0.1, 0.15) is 34.1 Å². The van der Waals surface area contributed by atoms with Crippen molar-refractivity contribution in [2.24, 2.45) is 0 Å². The van der Waals surface area contributed by atoms with Gasteiger partial charge in [0, 0.05) is 12.1 Å². The summed E-state index contributed by atoms with van der Waals surface area (Å²) in [5.41, 5.74) is 0.143. The van der Waals surface area contributed by atoms with Gasteiger partial charge in [0.1, 0.15) is 0 Å². The summed E-state index contributed by atoms with van der Waals surface area (Å²) in [6, 6.07) is 0. The maximum absolute atomic E-state index is 10.8. The number of hydrogen-bond donors (Lipinski definition) is 2. The minimum atomic E-state index is -0.330. The van der Waals surface area contributed by atoms with Gasteiger partial charge >= 0.3 is 6.09 Å². The topological polar surface area (TPSA) is 50.4 Å². The zero-order valence-electron chi connectivity index (χ0n) is 9.64. The molecule has 4 nitrogen and oxygen atoms in total. The monoisotopic (exact) mass is 202 g/mol. The Bertz CT molecular complexity index is 164. The van der Waals surface area contributed by atoms with Crippen molar-refractivity contribution >= 4 is 6.09 Å². The molecule has 0 fully saturated rings. The normalized spacial score (nSPS) is 11.1. The maximum Gasteiger partial charge on any atom is 0.407 e. The molecule has 0 saturated carbocycles. The maximum atomic E-state index is 10.8. The van der Waals surface area contributed by atoms with Gasteiger partial charge in [-0.15, -0.1) is 0 Å². The zero-order valence-corrected chi connectivity index (χ0v) is 9.64. The highest BCUT2D eigenvalue weighted by Gasteiger charge is 2.07. The minimum Gasteiger partial charge on any atom is -0.450 e. The smallest absolute Gasteiger partial charge is 0.407 e. The van der Waals surface area contributed by atoms with E-state index in [1.807, 2.05) is 0 Å². The number of amides is 1. The van der Waals surface area contributed by atoms with Crippen molar-refractivity contribution in [3.05, 3.63) is 0 Å². The summed E-state index contributed by atoms with van der Waals surface area (Å²) in [5, 5.41) is 6.00. The molecule has 2 N–H and O–H groups in total. The van der Waals surface area contributed by atoms with Crippen molar-refractivity contribution in [2.75, 3.05) is 19.7 Å². The molecule has 4 heteroatoms. The van der Waals surface area contributed by atoms with Crippen LogP contribution in [0.4, 0.5) is 4.79 Å². The van der Waals surface area contributed by atoms with Crippen LogP contribution in [0.5, 0.6) is 0 Å². The Morgan fingerprint density at radius 2 is 1.93 bits per heavy atom. The van der Waals surface area contributed by atoms with Crippen molar-refractivity contribution in [1.29, 1.82) is 0 Å². The van der Waals surface area contributed by atoms with Gasteiger partial charge in [0.2, 0.25) is 0 Å². The van der Waals surface area contributed by atoms with E-state index in [0.717, 1.165) is 13.0 Å².